The topological polar surface area (TPSA) is 58.6 Å². The molecule has 2 amide bonds. The zero-order valence-electron chi connectivity index (χ0n) is 17.4. The van der Waals surface area contributed by atoms with Crippen LogP contribution in [0, 0.1) is 0 Å². The van der Waals surface area contributed by atoms with Gasteiger partial charge in [0.1, 0.15) is 11.8 Å². The number of benzene rings is 2. The maximum absolute atomic E-state index is 13.1. The molecule has 0 aliphatic rings. The van der Waals surface area contributed by atoms with Gasteiger partial charge in [-0.15, -0.1) is 0 Å². The summed E-state index contributed by atoms with van der Waals surface area (Å²) in [4.78, 5) is 27.4. The lowest BCUT2D eigenvalue weighted by molar-refractivity contribution is -0.143. The minimum atomic E-state index is -0.686. The van der Waals surface area contributed by atoms with Crippen LogP contribution in [0.3, 0.4) is 0 Å². The van der Waals surface area contributed by atoms with Crippen molar-refractivity contribution in [1.82, 2.24) is 10.2 Å². The Balaban J connectivity index is 2.26. The summed E-state index contributed by atoms with van der Waals surface area (Å²) in [6, 6.07) is 9.08. The fourth-order valence-corrected chi connectivity index (χ4v) is 3.73. The van der Waals surface area contributed by atoms with Crippen molar-refractivity contribution in [3.8, 4) is 5.75 Å². The molecule has 0 aromatic heterocycles. The van der Waals surface area contributed by atoms with Gasteiger partial charge in [-0.3, -0.25) is 9.59 Å². The molecule has 1 atom stereocenters. The van der Waals surface area contributed by atoms with E-state index in [-0.39, 0.29) is 31.0 Å². The van der Waals surface area contributed by atoms with E-state index in [1.807, 2.05) is 20.8 Å². The number of ether oxygens (including phenoxy) is 1. The van der Waals surface area contributed by atoms with Gasteiger partial charge in [0.15, 0.2) is 6.61 Å². The van der Waals surface area contributed by atoms with Gasteiger partial charge in [0.25, 0.3) is 5.91 Å². The number of carbonyl (C=O) groups is 2. The van der Waals surface area contributed by atoms with Gasteiger partial charge in [-0.2, -0.15) is 0 Å². The van der Waals surface area contributed by atoms with Crippen LogP contribution < -0.4 is 10.1 Å². The summed E-state index contributed by atoms with van der Waals surface area (Å²) in [5.74, 6) is -0.285. The van der Waals surface area contributed by atoms with Crippen LogP contribution in [0.1, 0.15) is 32.8 Å². The van der Waals surface area contributed by atoms with E-state index in [0.717, 1.165) is 5.56 Å². The number of rotatable bonds is 9. The van der Waals surface area contributed by atoms with Gasteiger partial charge in [0, 0.05) is 17.6 Å². The molecule has 9 heteroatoms. The SMILES string of the molecule is CC[C@H](C(=O)NC(C)C)N(Cc1ccc(Cl)c(Cl)c1)C(=O)COc1ccc(Cl)cc1Cl. The Hall–Kier alpha value is -1.66. The highest BCUT2D eigenvalue weighted by Crippen LogP contribution is 2.28. The third-order valence-corrected chi connectivity index (χ3v) is 5.67. The first-order valence-electron chi connectivity index (χ1n) is 9.74. The molecule has 2 aromatic carbocycles. The molecular formula is C22H24Cl4N2O3. The molecule has 2 rings (SSSR count). The number of hydrogen-bond donors (Lipinski definition) is 1. The molecule has 0 radical (unpaired) electrons. The van der Waals surface area contributed by atoms with E-state index in [0.29, 0.717) is 32.3 Å². The van der Waals surface area contributed by atoms with Crippen molar-refractivity contribution in [3.63, 3.8) is 0 Å². The van der Waals surface area contributed by atoms with Crippen LogP contribution in [-0.2, 0) is 16.1 Å². The first-order chi connectivity index (χ1) is 14.6. The molecule has 1 N–H and O–H groups in total. The van der Waals surface area contributed by atoms with Gasteiger partial charge in [0.05, 0.1) is 15.1 Å². The highest BCUT2D eigenvalue weighted by molar-refractivity contribution is 6.42. The molecule has 31 heavy (non-hydrogen) atoms. The molecular weight excluding hydrogens is 482 g/mol. The molecule has 0 unspecified atom stereocenters. The Bertz CT molecular complexity index is 937. The molecule has 2 aromatic rings. The number of nitrogens with one attached hydrogen (secondary N) is 1. The van der Waals surface area contributed by atoms with Crippen molar-refractivity contribution >= 4 is 58.2 Å². The summed E-state index contributed by atoms with van der Waals surface area (Å²) in [5, 5.41) is 4.40. The van der Waals surface area contributed by atoms with E-state index in [9.17, 15) is 9.59 Å². The van der Waals surface area contributed by atoms with E-state index in [1.165, 1.54) is 11.0 Å². The maximum atomic E-state index is 13.1. The van der Waals surface area contributed by atoms with Crippen molar-refractivity contribution in [2.45, 2.75) is 45.8 Å². The largest absolute Gasteiger partial charge is 0.482 e. The van der Waals surface area contributed by atoms with Crippen molar-refractivity contribution in [2.24, 2.45) is 0 Å². The molecule has 0 saturated heterocycles. The Kier molecular flexibility index (Phi) is 9.76. The summed E-state index contributed by atoms with van der Waals surface area (Å²) in [6.45, 7) is 5.44. The lowest BCUT2D eigenvalue weighted by atomic mass is 10.1. The maximum Gasteiger partial charge on any atom is 0.261 e. The number of carbonyl (C=O) groups excluding carboxylic acids is 2. The van der Waals surface area contributed by atoms with E-state index in [4.69, 9.17) is 51.1 Å². The zero-order chi connectivity index (χ0) is 23.1. The third-order valence-electron chi connectivity index (χ3n) is 4.40. The lowest BCUT2D eigenvalue weighted by Crippen LogP contribution is -2.51. The quantitative estimate of drug-likeness (QED) is 0.453. The normalized spacial score (nSPS) is 11.9. The van der Waals surface area contributed by atoms with E-state index in [2.05, 4.69) is 5.32 Å². The Morgan fingerprint density at radius 3 is 2.29 bits per heavy atom. The van der Waals surface area contributed by atoms with Gasteiger partial charge in [0.2, 0.25) is 5.91 Å². The zero-order valence-corrected chi connectivity index (χ0v) is 20.4. The minimum Gasteiger partial charge on any atom is -0.482 e. The van der Waals surface area contributed by atoms with Crippen molar-refractivity contribution < 1.29 is 14.3 Å². The second-order valence-electron chi connectivity index (χ2n) is 7.22. The molecule has 0 aliphatic heterocycles. The second-order valence-corrected chi connectivity index (χ2v) is 8.88. The summed E-state index contributed by atoms with van der Waals surface area (Å²) in [5.41, 5.74) is 0.739. The number of nitrogens with zero attached hydrogens (tertiary/aromatic N) is 1. The lowest BCUT2D eigenvalue weighted by Gasteiger charge is -2.31. The Morgan fingerprint density at radius 1 is 1.00 bits per heavy atom. The summed E-state index contributed by atoms with van der Waals surface area (Å²) in [6.07, 6.45) is 0.424. The fourth-order valence-electron chi connectivity index (χ4n) is 2.95. The van der Waals surface area contributed by atoms with Gasteiger partial charge < -0.3 is 15.0 Å². The summed E-state index contributed by atoms with van der Waals surface area (Å²) < 4.78 is 5.61. The molecule has 5 nitrogen and oxygen atoms in total. The van der Waals surface area contributed by atoms with Crippen molar-refractivity contribution in [2.75, 3.05) is 6.61 Å². The second kappa shape index (κ2) is 11.8. The average Bonchev–Trinajstić information content (AvgIpc) is 2.69. The highest BCUT2D eigenvalue weighted by Gasteiger charge is 2.29. The first-order valence-corrected chi connectivity index (χ1v) is 11.2. The van der Waals surface area contributed by atoms with Crippen LogP contribution in [-0.4, -0.2) is 35.4 Å². The number of amides is 2. The standard InChI is InChI=1S/C22H24Cl4N2O3/c1-4-19(22(30)27-13(2)3)28(11-14-5-7-16(24)17(25)9-14)21(29)12-31-20-8-6-15(23)10-18(20)26/h5-10,13,19H,4,11-12H2,1-3H3,(H,27,30)/t19-/m1/s1. The van der Waals surface area contributed by atoms with Crippen LogP contribution in [0.25, 0.3) is 0 Å². The molecule has 0 heterocycles. The predicted molar refractivity (Wildman–Crippen MR) is 126 cm³/mol. The molecule has 0 spiro atoms. The predicted octanol–water partition coefficient (Wildman–Crippen LogP) is 6.01. The van der Waals surface area contributed by atoms with Gasteiger partial charge in [-0.25, -0.2) is 0 Å². The molecule has 0 bridgehead atoms. The molecule has 168 valence electrons. The van der Waals surface area contributed by atoms with Crippen LogP contribution in [0.4, 0.5) is 0 Å². The van der Waals surface area contributed by atoms with E-state index < -0.39 is 6.04 Å². The third kappa shape index (κ3) is 7.46. The van der Waals surface area contributed by atoms with Crippen LogP contribution in [0.5, 0.6) is 5.75 Å². The first kappa shape index (κ1) is 25.6. The molecule has 0 aliphatic carbocycles. The minimum absolute atomic E-state index is 0.0624. The van der Waals surface area contributed by atoms with Gasteiger partial charge in [-0.05, 0) is 56.2 Å². The van der Waals surface area contributed by atoms with Gasteiger partial charge in [-0.1, -0.05) is 59.4 Å². The van der Waals surface area contributed by atoms with Crippen LogP contribution in [0.2, 0.25) is 20.1 Å². The smallest absolute Gasteiger partial charge is 0.261 e. The number of hydrogen-bond acceptors (Lipinski definition) is 3. The average molecular weight is 506 g/mol. The van der Waals surface area contributed by atoms with Crippen molar-refractivity contribution in [1.29, 1.82) is 0 Å². The Labute approximate surface area is 202 Å². The number of halogens is 4. The van der Waals surface area contributed by atoms with E-state index in [1.54, 1.807) is 30.3 Å². The monoisotopic (exact) mass is 504 g/mol. The van der Waals surface area contributed by atoms with Gasteiger partial charge >= 0.3 is 0 Å². The molecule has 0 saturated carbocycles. The fraction of sp³-hybridized carbons (Fsp3) is 0.364. The summed E-state index contributed by atoms with van der Waals surface area (Å²) >= 11 is 24.2. The van der Waals surface area contributed by atoms with Crippen LogP contribution in [0.15, 0.2) is 36.4 Å². The summed E-state index contributed by atoms with van der Waals surface area (Å²) in [7, 11) is 0. The highest BCUT2D eigenvalue weighted by atomic mass is 35.5. The van der Waals surface area contributed by atoms with E-state index >= 15 is 0 Å². The van der Waals surface area contributed by atoms with Crippen molar-refractivity contribution in [3.05, 3.63) is 62.1 Å². The Morgan fingerprint density at radius 2 is 1.71 bits per heavy atom. The molecule has 0 fully saturated rings. The van der Waals surface area contributed by atoms with Crippen LogP contribution >= 0.6 is 46.4 Å².